The Morgan fingerprint density at radius 3 is 1.11 bits per heavy atom. The van der Waals surface area contributed by atoms with Crippen LogP contribution in [0.1, 0.15) is 55.3 Å². The summed E-state index contributed by atoms with van der Waals surface area (Å²) >= 11 is 0. The maximum absolute atomic E-state index is 14.7. The number of nitrogens with two attached hydrogens (primary N) is 1. The number of rotatable bonds is 13. The summed E-state index contributed by atoms with van der Waals surface area (Å²) in [5.41, 5.74) is 7.78. The lowest BCUT2D eigenvalue weighted by molar-refractivity contribution is -0.141. The average Bonchev–Trinajstić information content (AvgIpc) is 3.81. The number of nitrogen functional groups attached to an aromatic ring is 1. The number of carboxylic acid groups (broad SMARTS) is 1. The molecule has 348 valence electrons. The Balaban J connectivity index is 0.995. The molecule has 2 atom stereocenters. The Labute approximate surface area is 411 Å². The molecule has 8 aromatic carbocycles. The number of nitrogens with zero attached hydrogens (tertiary/aromatic N) is 2. The lowest BCUT2D eigenvalue weighted by Crippen LogP contribution is -2.74. The van der Waals surface area contributed by atoms with Gasteiger partial charge in [-0.1, -0.05) is 158 Å². The van der Waals surface area contributed by atoms with E-state index >= 15 is 0 Å². The number of carboxylic acids is 1. The zero-order valence-corrected chi connectivity index (χ0v) is 40.7. The minimum atomic E-state index is -3.53. The number of carbonyl (C=O) groups excluding carboxylic acids is 5. The Hall–Kier alpha value is -8.79. The van der Waals surface area contributed by atoms with Crippen molar-refractivity contribution in [2.24, 2.45) is 0 Å². The molecule has 0 spiro atoms. The van der Waals surface area contributed by atoms with E-state index in [1.54, 1.807) is 30.3 Å². The quantitative estimate of drug-likeness (QED) is 0.0681. The standard InChI is InChI=1S/C58H46N4O7Si2/c1-37(53(63)60-40-25-29-46(30-26-40)70(41-15-7-3-8-16-41,42-17-9-4-10-18-42)45-27-23-39(59)24-28-45)61-54(64)49-33-31-47(35-51(49)56(61)66)71(43-19-11-5-12-20-43,44-21-13-6-14-22-44)48-32-34-50-52(36-48)57(67)62(55(50)65)38(2)58(68)69/h3-38H,59H2,1-2H3,(H,60,63)(H,68,69). The number of fused-ring (bicyclic) bond motifs is 2. The topological polar surface area (TPSA) is 167 Å². The van der Waals surface area contributed by atoms with Gasteiger partial charge in [0.05, 0.1) is 22.3 Å². The van der Waals surface area contributed by atoms with Crippen molar-refractivity contribution in [2.75, 3.05) is 11.1 Å². The molecule has 0 saturated heterocycles. The van der Waals surface area contributed by atoms with Crippen molar-refractivity contribution in [3.05, 3.63) is 229 Å². The first kappa shape index (κ1) is 46.0. The first-order chi connectivity index (χ1) is 34.4. The van der Waals surface area contributed by atoms with Crippen molar-refractivity contribution >= 4 is 105 Å². The molecule has 2 aliphatic heterocycles. The second kappa shape index (κ2) is 18.3. The van der Waals surface area contributed by atoms with Gasteiger partial charge in [-0.2, -0.15) is 0 Å². The molecule has 0 bridgehead atoms. The van der Waals surface area contributed by atoms with Crippen molar-refractivity contribution in [2.45, 2.75) is 25.9 Å². The van der Waals surface area contributed by atoms with Gasteiger partial charge >= 0.3 is 5.97 Å². The molecule has 4 N–H and O–H groups in total. The maximum Gasteiger partial charge on any atom is 0.326 e. The van der Waals surface area contributed by atoms with Crippen molar-refractivity contribution in [1.82, 2.24) is 9.80 Å². The predicted molar refractivity (Wildman–Crippen MR) is 281 cm³/mol. The van der Waals surface area contributed by atoms with Gasteiger partial charge in [0.1, 0.15) is 12.1 Å². The molecule has 8 aromatic rings. The molecule has 11 nitrogen and oxygen atoms in total. The van der Waals surface area contributed by atoms with Crippen LogP contribution < -0.4 is 52.5 Å². The molecule has 0 aromatic heterocycles. The summed E-state index contributed by atoms with van der Waals surface area (Å²) in [6, 6.07) is 63.5. The monoisotopic (exact) mass is 966 g/mol. The Kier molecular flexibility index (Phi) is 11.8. The average molecular weight is 967 g/mol. The zero-order chi connectivity index (χ0) is 49.6. The van der Waals surface area contributed by atoms with Gasteiger partial charge in [-0.3, -0.25) is 33.8 Å². The van der Waals surface area contributed by atoms with Crippen LogP contribution in [0.3, 0.4) is 0 Å². The van der Waals surface area contributed by atoms with Crippen molar-refractivity contribution in [3.8, 4) is 0 Å². The molecule has 71 heavy (non-hydrogen) atoms. The first-order valence-electron chi connectivity index (χ1n) is 23.1. The number of amides is 5. The Morgan fingerprint density at radius 2 is 0.732 bits per heavy atom. The van der Waals surface area contributed by atoms with Gasteiger partial charge in [0.2, 0.25) is 5.91 Å². The fraction of sp³-hybridized carbons (Fsp3) is 0.0690. The largest absolute Gasteiger partial charge is 0.480 e. The van der Waals surface area contributed by atoms with Gasteiger partial charge in [0.25, 0.3) is 23.6 Å². The predicted octanol–water partition coefficient (Wildman–Crippen LogP) is 3.72. The summed E-state index contributed by atoms with van der Waals surface area (Å²) in [6.45, 7) is 2.82. The lowest BCUT2D eigenvalue weighted by atomic mass is 10.1. The van der Waals surface area contributed by atoms with E-state index in [0.29, 0.717) is 21.7 Å². The van der Waals surface area contributed by atoms with E-state index in [1.807, 2.05) is 140 Å². The van der Waals surface area contributed by atoms with Gasteiger partial charge in [0, 0.05) is 11.4 Å². The third-order valence-corrected chi connectivity index (χ3v) is 23.5. The van der Waals surface area contributed by atoms with Crippen LogP contribution in [0.4, 0.5) is 11.4 Å². The minimum absolute atomic E-state index is 0.0768. The number of imide groups is 2. The molecule has 2 unspecified atom stereocenters. The van der Waals surface area contributed by atoms with Gasteiger partial charge in [-0.15, -0.1) is 0 Å². The van der Waals surface area contributed by atoms with Gasteiger partial charge < -0.3 is 16.2 Å². The van der Waals surface area contributed by atoms with Gasteiger partial charge in [-0.25, -0.2) is 4.79 Å². The lowest BCUT2D eigenvalue weighted by Gasteiger charge is -2.34. The van der Waals surface area contributed by atoms with E-state index in [2.05, 4.69) is 41.7 Å². The number of hydrogen-bond acceptors (Lipinski definition) is 7. The van der Waals surface area contributed by atoms with Crippen LogP contribution in [0.15, 0.2) is 206 Å². The maximum atomic E-state index is 14.7. The number of carbonyl (C=O) groups is 6. The van der Waals surface area contributed by atoms with Crippen LogP contribution in [-0.2, 0) is 9.59 Å². The second-order valence-corrected chi connectivity index (χ2v) is 25.4. The van der Waals surface area contributed by atoms with Crippen LogP contribution in [0.2, 0.25) is 0 Å². The number of benzene rings is 8. The second-order valence-electron chi connectivity index (χ2n) is 17.8. The highest BCUT2D eigenvalue weighted by Gasteiger charge is 2.48. The fourth-order valence-electron chi connectivity index (χ4n) is 10.5. The SMILES string of the molecule is CC(C(=O)O)N1C(=O)c2ccc([Si](c3ccccc3)(c3ccccc3)c3ccc4c(c3)C(=O)N(C(C)C(=O)Nc3ccc([Si](c5ccccc5)(c5ccccc5)c5ccc(N)cc5)cc3)C4=O)cc2C1=O. The molecule has 0 saturated carbocycles. The molecule has 0 fully saturated rings. The van der Waals surface area contributed by atoms with Crippen LogP contribution in [0, 0.1) is 0 Å². The van der Waals surface area contributed by atoms with Crippen LogP contribution in [0.5, 0.6) is 0 Å². The zero-order valence-electron chi connectivity index (χ0n) is 38.7. The number of anilines is 2. The summed E-state index contributed by atoms with van der Waals surface area (Å²) in [4.78, 5) is 84.3. The summed E-state index contributed by atoms with van der Waals surface area (Å²) < 4.78 is 0. The summed E-state index contributed by atoms with van der Waals surface area (Å²) in [6.07, 6.45) is 0. The Morgan fingerprint density at radius 1 is 0.423 bits per heavy atom. The molecular formula is C58H46N4O7Si2. The van der Waals surface area contributed by atoms with Crippen molar-refractivity contribution < 1.29 is 33.9 Å². The molecule has 2 aliphatic rings. The summed E-state index contributed by atoms with van der Waals surface area (Å²) in [7, 11) is -6.43. The third-order valence-electron chi connectivity index (χ3n) is 14.0. The molecule has 2 heterocycles. The summed E-state index contributed by atoms with van der Waals surface area (Å²) in [5.74, 6) is -4.52. The molecule has 0 radical (unpaired) electrons. The Bertz CT molecular complexity index is 3330. The van der Waals surface area contributed by atoms with E-state index in [-0.39, 0.29) is 22.3 Å². The van der Waals surface area contributed by atoms with E-state index in [0.717, 1.165) is 30.5 Å². The van der Waals surface area contributed by atoms with Gasteiger partial charge in [-0.05, 0) is 104 Å². The van der Waals surface area contributed by atoms with Crippen LogP contribution in [0.25, 0.3) is 0 Å². The van der Waals surface area contributed by atoms with Crippen molar-refractivity contribution in [3.63, 3.8) is 0 Å². The molecule has 0 aliphatic carbocycles. The van der Waals surface area contributed by atoms with E-state index in [4.69, 9.17) is 5.73 Å². The minimum Gasteiger partial charge on any atom is -0.480 e. The smallest absolute Gasteiger partial charge is 0.326 e. The number of nitrogens with one attached hydrogen (secondary N) is 1. The van der Waals surface area contributed by atoms with E-state index in [9.17, 15) is 33.9 Å². The van der Waals surface area contributed by atoms with Crippen molar-refractivity contribution in [1.29, 1.82) is 0 Å². The number of aliphatic carboxylic acids is 1. The highest BCUT2D eigenvalue weighted by atomic mass is 28.3. The molecule has 13 heteroatoms. The van der Waals surface area contributed by atoms with E-state index in [1.165, 1.54) is 24.2 Å². The third kappa shape index (κ3) is 7.50. The molecular weight excluding hydrogens is 921 g/mol. The van der Waals surface area contributed by atoms with Gasteiger partial charge in [0.15, 0.2) is 16.1 Å². The highest BCUT2D eigenvalue weighted by Crippen LogP contribution is 2.28. The summed E-state index contributed by atoms with van der Waals surface area (Å²) in [5, 5.41) is 20.4. The molecule has 10 rings (SSSR count). The van der Waals surface area contributed by atoms with Crippen LogP contribution in [-0.4, -0.2) is 78.6 Å². The number of hydrogen-bond donors (Lipinski definition) is 3. The van der Waals surface area contributed by atoms with E-state index < -0.39 is 63.7 Å². The fourth-order valence-corrected chi connectivity index (χ4v) is 19.9. The normalized spacial score (nSPS) is 14.2. The van der Waals surface area contributed by atoms with Crippen LogP contribution >= 0.6 is 0 Å². The molecule has 5 amide bonds. The first-order valence-corrected chi connectivity index (χ1v) is 27.1. The highest BCUT2D eigenvalue weighted by molar-refractivity contribution is 7.20.